The van der Waals surface area contributed by atoms with E-state index in [1.54, 1.807) is 0 Å². The van der Waals surface area contributed by atoms with Crippen molar-refractivity contribution in [2.75, 3.05) is 37.4 Å². The third kappa shape index (κ3) is 3.33. The lowest BCUT2D eigenvalue weighted by Gasteiger charge is -2.26. The van der Waals surface area contributed by atoms with E-state index < -0.39 is 19.9 Å². The Morgan fingerprint density at radius 2 is 1.86 bits per heavy atom. The lowest BCUT2D eigenvalue weighted by atomic mass is 10.3. The summed E-state index contributed by atoms with van der Waals surface area (Å²) >= 11 is 3.21. The summed E-state index contributed by atoms with van der Waals surface area (Å²) in [4.78, 5) is -0.0648. The molecule has 1 saturated heterocycles. The number of rotatable bonds is 3. The SMILES string of the molecule is COc1cc(Br)c(N)cc1S(=O)(=O)N1CCS(=O)(=O)CC1. The molecule has 1 aliphatic heterocycles. The van der Waals surface area contributed by atoms with Crippen LogP contribution in [-0.4, -0.2) is 52.8 Å². The maximum absolute atomic E-state index is 12.6. The van der Waals surface area contributed by atoms with E-state index in [-0.39, 0.29) is 40.9 Å². The molecule has 21 heavy (non-hydrogen) atoms. The topological polar surface area (TPSA) is 107 Å². The number of benzene rings is 1. The Bertz CT molecular complexity index is 747. The number of sulfone groups is 1. The second-order valence-corrected chi connectivity index (χ2v) is 9.64. The highest BCUT2D eigenvalue weighted by atomic mass is 79.9. The molecule has 1 aromatic carbocycles. The Labute approximate surface area is 132 Å². The molecular formula is C11H15BrN2O5S2. The first-order valence-electron chi connectivity index (χ1n) is 6.01. The molecule has 0 amide bonds. The summed E-state index contributed by atoms with van der Waals surface area (Å²) in [6, 6.07) is 2.78. The standard InChI is InChI=1S/C11H15BrN2O5S2/c1-19-10-6-8(12)9(13)7-11(10)21(17,18)14-2-4-20(15,16)5-3-14/h6-7H,2-5,13H2,1H3. The van der Waals surface area contributed by atoms with Crippen LogP contribution in [0.2, 0.25) is 0 Å². The Hall–Kier alpha value is -0.840. The third-order valence-electron chi connectivity index (χ3n) is 3.20. The summed E-state index contributed by atoms with van der Waals surface area (Å²) in [6.07, 6.45) is 0. The zero-order chi connectivity index (χ0) is 15.8. The number of halogens is 1. The molecule has 0 saturated carbocycles. The van der Waals surface area contributed by atoms with Crippen LogP contribution in [0.4, 0.5) is 5.69 Å². The molecule has 2 N–H and O–H groups in total. The van der Waals surface area contributed by atoms with Crippen LogP contribution in [0, 0.1) is 0 Å². The molecule has 0 bridgehead atoms. The Morgan fingerprint density at radius 3 is 2.38 bits per heavy atom. The predicted molar refractivity (Wildman–Crippen MR) is 82.5 cm³/mol. The molecule has 0 aliphatic carbocycles. The van der Waals surface area contributed by atoms with Crippen LogP contribution in [0.1, 0.15) is 0 Å². The van der Waals surface area contributed by atoms with Crippen LogP contribution in [0.5, 0.6) is 5.75 Å². The average Bonchev–Trinajstić information content (AvgIpc) is 2.40. The van der Waals surface area contributed by atoms with Gasteiger partial charge in [0, 0.05) is 23.2 Å². The number of hydrogen-bond acceptors (Lipinski definition) is 6. The fourth-order valence-corrected chi connectivity index (χ4v) is 5.36. The Morgan fingerprint density at radius 1 is 1.29 bits per heavy atom. The van der Waals surface area contributed by atoms with Crippen molar-refractivity contribution >= 4 is 41.5 Å². The molecule has 1 heterocycles. The first-order chi connectivity index (χ1) is 9.67. The minimum absolute atomic E-state index is 0.0648. The zero-order valence-corrected chi connectivity index (χ0v) is 14.5. The molecule has 2 rings (SSSR count). The van der Waals surface area contributed by atoms with Gasteiger partial charge in [0.25, 0.3) is 0 Å². The van der Waals surface area contributed by atoms with Crippen LogP contribution in [-0.2, 0) is 19.9 Å². The van der Waals surface area contributed by atoms with Gasteiger partial charge in [0.15, 0.2) is 9.84 Å². The van der Waals surface area contributed by atoms with Crippen molar-refractivity contribution < 1.29 is 21.6 Å². The van der Waals surface area contributed by atoms with Crippen molar-refractivity contribution in [3.05, 3.63) is 16.6 Å². The van der Waals surface area contributed by atoms with Crippen molar-refractivity contribution in [3.8, 4) is 5.75 Å². The van der Waals surface area contributed by atoms with Crippen LogP contribution in [0.25, 0.3) is 0 Å². The number of hydrogen-bond donors (Lipinski definition) is 1. The molecule has 0 radical (unpaired) electrons. The van der Waals surface area contributed by atoms with E-state index in [0.29, 0.717) is 4.47 Å². The van der Waals surface area contributed by atoms with Gasteiger partial charge in [-0.05, 0) is 28.1 Å². The fraction of sp³-hybridized carbons (Fsp3) is 0.455. The number of nitrogen functional groups attached to an aromatic ring is 1. The molecule has 0 unspecified atom stereocenters. The van der Waals surface area contributed by atoms with Crippen LogP contribution in [0.3, 0.4) is 0 Å². The van der Waals surface area contributed by atoms with Gasteiger partial charge in [0.1, 0.15) is 10.6 Å². The summed E-state index contributed by atoms with van der Waals surface area (Å²) in [5.74, 6) is -0.203. The molecule has 118 valence electrons. The molecule has 1 fully saturated rings. The van der Waals surface area contributed by atoms with Gasteiger partial charge in [-0.2, -0.15) is 4.31 Å². The largest absolute Gasteiger partial charge is 0.495 e. The van der Waals surface area contributed by atoms with E-state index in [9.17, 15) is 16.8 Å². The molecule has 0 spiro atoms. The number of ether oxygens (including phenoxy) is 1. The molecular weight excluding hydrogens is 384 g/mol. The highest BCUT2D eigenvalue weighted by molar-refractivity contribution is 9.10. The predicted octanol–water partition coefficient (Wildman–Crippen LogP) is 0.459. The first kappa shape index (κ1) is 16.5. The van der Waals surface area contributed by atoms with Crippen molar-refractivity contribution in [2.24, 2.45) is 0 Å². The summed E-state index contributed by atoms with van der Waals surface area (Å²) in [6.45, 7) is -0.131. The summed E-state index contributed by atoms with van der Waals surface area (Å²) in [5, 5.41) is 0. The maximum atomic E-state index is 12.6. The first-order valence-corrected chi connectivity index (χ1v) is 10.1. The lowest BCUT2D eigenvalue weighted by molar-refractivity contribution is 0.393. The molecule has 1 aliphatic rings. The normalized spacial score (nSPS) is 19.3. The summed E-state index contributed by atoms with van der Waals surface area (Å²) in [7, 11) is -5.65. The van der Waals surface area contributed by atoms with Gasteiger partial charge in [-0.15, -0.1) is 0 Å². The molecule has 0 aromatic heterocycles. The highest BCUT2D eigenvalue weighted by Crippen LogP contribution is 2.34. The lowest BCUT2D eigenvalue weighted by Crippen LogP contribution is -2.43. The summed E-state index contributed by atoms with van der Waals surface area (Å²) in [5.41, 5.74) is 6.00. The molecule has 1 aromatic rings. The number of nitrogens with two attached hydrogens (primary N) is 1. The second kappa shape index (κ2) is 5.75. The van der Waals surface area contributed by atoms with E-state index in [4.69, 9.17) is 10.5 Å². The van der Waals surface area contributed by atoms with Gasteiger partial charge in [-0.3, -0.25) is 0 Å². The summed E-state index contributed by atoms with van der Waals surface area (Å²) < 4.78 is 54.8. The Kier molecular flexibility index (Phi) is 4.52. The monoisotopic (exact) mass is 398 g/mol. The fourth-order valence-electron chi connectivity index (χ4n) is 1.99. The van der Waals surface area contributed by atoms with E-state index in [0.717, 1.165) is 4.31 Å². The van der Waals surface area contributed by atoms with Crippen molar-refractivity contribution in [1.29, 1.82) is 0 Å². The number of anilines is 1. The van der Waals surface area contributed by atoms with Gasteiger partial charge in [0.05, 0.1) is 18.6 Å². The van der Waals surface area contributed by atoms with E-state index in [1.165, 1.54) is 19.2 Å². The van der Waals surface area contributed by atoms with Crippen molar-refractivity contribution in [1.82, 2.24) is 4.31 Å². The van der Waals surface area contributed by atoms with E-state index >= 15 is 0 Å². The van der Waals surface area contributed by atoms with Crippen LogP contribution in [0.15, 0.2) is 21.5 Å². The molecule has 7 nitrogen and oxygen atoms in total. The van der Waals surface area contributed by atoms with Gasteiger partial charge >= 0.3 is 0 Å². The van der Waals surface area contributed by atoms with Gasteiger partial charge in [-0.1, -0.05) is 0 Å². The minimum atomic E-state index is -3.85. The molecule has 0 atom stereocenters. The zero-order valence-electron chi connectivity index (χ0n) is 11.2. The van der Waals surface area contributed by atoms with E-state index in [1.807, 2.05) is 0 Å². The number of sulfonamides is 1. The Balaban J connectivity index is 2.43. The minimum Gasteiger partial charge on any atom is -0.495 e. The number of methoxy groups -OCH3 is 1. The van der Waals surface area contributed by atoms with Gasteiger partial charge in [0.2, 0.25) is 10.0 Å². The van der Waals surface area contributed by atoms with Crippen LogP contribution < -0.4 is 10.5 Å². The van der Waals surface area contributed by atoms with Gasteiger partial charge in [-0.25, -0.2) is 16.8 Å². The smallest absolute Gasteiger partial charge is 0.246 e. The maximum Gasteiger partial charge on any atom is 0.246 e. The van der Waals surface area contributed by atoms with Crippen molar-refractivity contribution in [2.45, 2.75) is 4.90 Å². The molecule has 10 heteroatoms. The number of nitrogens with zero attached hydrogens (tertiary/aromatic N) is 1. The van der Waals surface area contributed by atoms with Crippen LogP contribution >= 0.6 is 15.9 Å². The van der Waals surface area contributed by atoms with E-state index in [2.05, 4.69) is 15.9 Å². The van der Waals surface area contributed by atoms with Crippen molar-refractivity contribution in [3.63, 3.8) is 0 Å². The average molecular weight is 399 g/mol. The third-order valence-corrected chi connectivity index (χ3v) is 7.42. The quantitative estimate of drug-likeness (QED) is 0.741. The van der Waals surface area contributed by atoms with Gasteiger partial charge < -0.3 is 10.5 Å². The highest BCUT2D eigenvalue weighted by Gasteiger charge is 2.33. The second-order valence-electron chi connectivity index (χ2n) is 4.58.